The van der Waals surface area contributed by atoms with Gasteiger partial charge in [-0.1, -0.05) is 11.3 Å². The number of rotatable bonds is 4. The number of aliphatic hydroxyl groups excluding tert-OH is 1. The highest BCUT2D eigenvalue weighted by molar-refractivity contribution is 7.23. The molecule has 0 aromatic carbocycles. The molecule has 0 bridgehead atoms. The van der Waals surface area contributed by atoms with Crippen LogP contribution >= 0.6 is 11.3 Å². The van der Waals surface area contributed by atoms with Crippen molar-refractivity contribution in [3.05, 3.63) is 6.20 Å². The van der Waals surface area contributed by atoms with Crippen LogP contribution in [0.4, 0.5) is 15.7 Å². The second-order valence-corrected chi connectivity index (χ2v) is 8.45. The van der Waals surface area contributed by atoms with Gasteiger partial charge >= 0.3 is 6.03 Å². The smallest absolute Gasteiger partial charge is 0.323 e. The second kappa shape index (κ2) is 8.68. The van der Waals surface area contributed by atoms with E-state index in [0.717, 1.165) is 49.3 Å². The summed E-state index contributed by atoms with van der Waals surface area (Å²) in [5.41, 5.74) is 0.702. The number of carbonyl (C=O) groups excluding carboxylic acids is 1. The summed E-state index contributed by atoms with van der Waals surface area (Å²) in [6.45, 7) is 2.87. The quantitative estimate of drug-likeness (QED) is 0.781. The topological polar surface area (TPSA) is 100 Å². The van der Waals surface area contributed by atoms with Crippen LogP contribution in [0, 0.1) is 0 Å². The van der Waals surface area contributed by atoms with Crippen molar-refractivity contribution in [2.45, 2.75) is 37.8 Å². The van der Waals surface area contributed by atoms with Gasteiger partial charge in [0.05, 0.1) is 32.6 Å². The zero-order chi connectivity index (χ0) is 20.4. The molecule has 10 heteroatoms. The van der Waals surface area contributed by atoms with Gasteiger partial charge in [0.25, 0.3) is 0 Å². The number of nitrogens with zero attached hydrogens (tertiary/aromatic N) is 4. The van der Waals surface area contributed by atoms with Gasteiger partial charge in [0.15, 0.2) is 10.9 Å². The number of anilines is 2. The number of amides is 2. The third-order valence-corrected chi connectivity index (χ3v) is 6.61. The highest BCUT2D eigenvalue weighted by Crippen LogP contribution is 2.38. The van der Waals surface area contributed by atoms with Crippen molar-refractivity contribution in [3.8, 4) is 5.75 Å². The number of hydrogen-bond acceptors (Lipinski definition) is 8. The van der Waals surface area contributed by atoms with Crippen LogP contribution in [0.1, 0.15) is 25.7 Å². The Labute approximate surface area is 173 Å². The van der Waals surface area contributed by atoms with Crippen molar-refractivity contribution >= 4 is 38.5 Å². The van der Waals surface area contributed by atoms with Crippen molar-refractivity contribution in [3.63, 3.8) is 0 Å². The van der Waals surface area contributed by atoms with E-state index in [-0.39, 0.29) is 18.2 Å². The van der Waals surface area contributed by atoms with Gasteiger partial charge < -0.3 is 24.4 Å². The van der Waals surface area contributed by atoms with E-state index in [4.69, 9.17) is 9.47 Å². The molecule has 0 spiro atoms. The van der Waals surface area contributed by atoms with Crippen LogP contribution in [0.5, 0.6) is 5.75 Å². The van der Waals surface area contributed by atoms with Gasteiger partial charge in [0.1, 0.15) is 16.0 Å². The number of urea groups is 1. The number of hydrogen-bond donors (Lipinski definition) is 2. The van der Waals surface area contributed by atoms with Gasteiger partial charge in [-0.25, -0.2) is 14.8 Å². The summed E-state index contributed by atoms with van der Waals surface area (Å²) in [5.74, 6) is 1.43. The summed E-state index contributed by atoms with van der Waals surface area (Å²) in [5, 5.41) is 13.1. The van der Waals surface area contributed by atoms with Gasteiger partial charge in [-0.15, -0.1) is 0 Å². The van der Waals surface area contributed by atoms with E-state index < -0.39 is 0 Å². The molecule has 2 amide bonds. The van der Waals surface area contributed by atoms with E-state index in [1.165, 1.54) is 11.3 Å². The largest absolute Gasteiger partial charge is 0.493 e. The molecule has 0 unspecified atom stereocenters. The van der Waals surface area contributed by atoms with Crippen LogP contribution in [0.2, 0.25) is 0 Å². The molecule has 29 heavy (non-hydrogen) atoms. The SMILES string of the molecule is COc1cnc(N2CCOCC2)c2sc(NC(=O)N(C)[C@H]3CC[C@@H](O)CC3)nc12. The van der Waals surface area contributed by atoms with E-state index in [1.807, 2.05) is 0 Å². The molecule has 2 fully saturated rings. The summed E-state index contributed by atoms with van der Waals surface area (Å²) < 4.78 is 11.8. The van der Waals surface area contributed by atoms with E-state index in [1.54, 1.807) is 25.3 Å². The summed E-state index contributed by atoms with van der Waals surface area (Å²) >= 11 is 1.41. The van der Waals surface area contributed by atoms with Crippen LogP contribution in [0.3, 0.4) is 0 Å². The summed E-state index contributed by atoms with van der Waals surface area (Å²) in [7, 11) is 3.39. The Bertz CT molecular complexity index is 862. The van der Waals surface area contributed by atoms with Crippen molar-refractivity contribution in [2.75, 3.05) is 50.7 Å². The number of pyridine rings is 1. The van der Waals surface area contributed by atoms with Crippen molar-refractivity contribution in [1.82, 2.24) is 14.9 Å². The first-order valence-corrected chi connectivity index (χ1v) is 10.8. The van der Waals surface area contributed by atoms with Crippen molar-refractivity contribution in [2.24, 2.45) is 0 Å². The Balaban J connectivity index is 1.55. The van der Waals surface area contributed by atoms with Gasteiger partial charge in [-0.2, -0.15) is 0 Å². The van der Waals surface area contributed by atoms with Crippen LogP contribution in [0.25, 0.3) is 10.2 Å². The van der Waals surface area contributed by atoms with E-state index in [9.17, 15) is 9.90 Å². The Hall–Kier alpha value is -2.17. The molecule has 158 valence electrons. The number of nitrogens with one attached hydrogen (secondary N) is 1. The predicted molar refractivity (Wildman–Crippen MR) is 112 cm³/mol. The maximum atomic E-state index is 12.8. The first kappa shape index (κ1) is 20.1. The average Bonchev–Trinajstić information content (AvgIpc) is 3.17. The van der Waals surface area contributed by atoms with Crippen molar-refractivity contribution < 1.29 is 19.4 Å². The Morgan fingerprint density at radius 3 is 2.76 bits per heavy atom. The number of thiazole rings is 1. The van der Waals surface area contributed by atoms with E-state index >= 15 is 0 Å². The number of morpholine rings is 1. The standard InChI is InChI=1S/C19H27N5O4S/c1-23(12-3-5-13(25)6-4-12)19(26)22-18-21-15-14(27-2)11-20-17(16(15)29-18)24-7-9-28-10-8-24/h11-13,25H,3-10H2,1-2H3,(H,21,22,26)/t12-,13+. The van der Waals surface area contributed by atoms with Gasteiger partial charge in [-0.05, 0) is 25.7 Å². The highest BCUT2D eigenvalue weighted by atomic mass is 32.1. The molecule has 1 aliphatic carbocycles. The maximum Gasteiger partial charge on any atom is 0.323 e. The number of fused-ring (bicyclic) bond motifs is 1. The molecule has 1 saturated carbocycles. The third kappa shape index (κ3) is 4.24. The Morgan fingerprint density at radius 2 is 2.07 bits per heavy atom. The lowest BCUT2D eigenvalue weighted by Crippen LogP contribution is -2.42. The lowest BCUT2D eigenvalue weighted by molar-refractivity contribution is 0.0943. The Morgan fingerprint density at radius 1 is 1.34 bits per heavy atom. The molecule has 2 aromatic rings. The Kier molecular flexibility index (Phi) is 6.02. The molecule has 4 rings (SSSR count). The molecule has 3 heterocycles. The number of ether oxygens (including phenoxy) is 2. The maximum absolute atomic E-state index is 12.8. The molecule has 1 aliphatic heterocycles. The van der Waals surface area contributed by atoms with Gasteiger partial charge in [0.2, 0.25) is 0 Å². The fourth-order valence-electron chi connectivity index (χ4n) is 3.87. The fraction of sp³-hybridized carbons (Fsp3) is 0.632. The lowest BCUT2D eigenvalue weighted by Gasteiger charge is -2.32. The van der Waals surface area contributed by atoms with Gasteiger partial charge in [0, 0.05) is 26.2 Å². The number of aromatic nitrogens is 2. The normalized spacial score (nSPS) is 22.5. The minimum atomic E-state index is -0.245. The third-order valence-electron chi connectivity index (χ3n) is 5.65. The van der Waals surface area contributed by atoms with E-state index in [0.29, 0.717) is 29.6 Å². The molecule has 1 saturated heterocycles. The molecule has 2 aliphatic rings. The molecule has 0 radical (unpaired) electrons. The van der Waals surface area contributed by atoms with Crippen LogP contribution in [-0.2, 0) is 4.74 Å². The minimum Gasteiger partial charge on any atom is -0.493 e. The number of aliphatic hydroxyl groups is 1. The predicted octanol–water partition coefficient (Wildman–Crippen LogP) is 2.30. The highest BCUT2D eigenvalue weighted by Gasteiger charge is 2.27. The van der Waals surface area contributed by atoms with Crippen LogP contribution in [-0.4, -0.2) is 78.6 Å². The number of carbonyl (C=O) groups is 1. The molecule has 0 atom stereocenters. The van der Waals surface area contributed by atoms with Crippen molar-refractivity contribution in [1.29, 1.82) is 0 Å². The molecular formula is C19H27N5O4S. The monoisotopic (exact) mass is 421 g/mol. The molecule has 9 nitrogen and oxygen atoms in total. The zero-order valence-corrected chi connectivity index (χ0v) is 17.6. The van der Waals surface area contributed by atoms with Gasteiger partial charge in [-0.3, -0.25) is 5.32 Å². The second-order valence-electron chi connectivity index (χ2n) is 7.45. The lowest BCUT2D eigenvalue weighted by atomic mass is 9.92. The zero-order valence-electron chi connectivity index (χ0n) is 16.8. The first-order chi connectivity index (χ1) is 14.1. The molecule has 2 aromatic heterocycles. The summed E-state index contributed by atoms with van der Waals surface area (Å²) in [6, 6.07) is -0.0572. The van der Waals surface area contributed by atoms with Crippen LogP contribution < -0.4 is 15.0 Å². The fourth-order valence-corrected chi connectivity index (χ4v) is 4.86. The summed E-state index contributed by atoms with van der Waals surface area (Å²) in [4.78, 5) is 25.8. The van der Waals surface area contributed by atoms with E-state index in [2.05, 4.69) is 20.2 Å². The number of methoxy groups -OCH3 is 1. The summed E-state index contributed by atoms with van der Waals surface area (Å²) in [6.07, 6.45) is 4.52. The molecule has 2 N–H and O–H groups in total. The first-order valence-electron chi connectivity index (χ1n) is 9.95. The molecular weight excluding hydrogens is 394 g/mol. The average molecular weight is 422 g/mol. The van der Waals surface area contributed by atoms with Crippen LogP contribution in [0.15, 0.2) is 6.20 Å². The minimum absolute atomic E-state index is 0.132.